The Bertz CT molecular complexity index is 81.1. The molecule has 56 valence electrons. The lowest BCUT2D eigenvalue weighted by Gasteiger charge is -2.24. The van der Waals surface area contributed by atoms with Gasteiger partial charge in [-0.3, -0.25) is 0 Å². The summed E-state index contributed by atoms with van der Waals surface area (Å²) in [7, 11) is 3.81. The first kappa shape index (κ1) is 8.88. The van der Waals surface area contributed by atoms with Crippen LogP contribution in [0.1, 0.15) is 6.92 Å². The molecule has 0 aromatic carbocycles. The molecule has 3 heteroatoms. The van der Waals surface area contributed by atoms with E-state index < -0.39 is 5.60 Å². The van der Waals surface area contributed by atoms with Gasteiger partial charge in [-0.05, 0) is 21.0 Å². The van der Waals surface area contributed by atoms with Crippen molar-refractivity contribution in [2.75, 3.05) is 27.2 Å². The first-order valence-corrected chi connectivity index (χ1v) is 3.05. The third-order valence-corrected chi connectivity index (χ3v) is 1.10. The number of aliphatic hydroxyl groups is 1. The summed E-state index contributed by atoms with van der Waals surface area (Å²) < 4.78 is 0. The minimum absolute atomic E-state index is 0.311. The van der Waals surface area contributed by atoms with Crippen LogP contribution in [0.15, 0.2) is 0 Å². The molecule has 0 radical (unpaired) electrons. The fourth-order valence-electron chi connectivity index (χ4n) is 0.746. The summed E-state index contributed by atoms with van der Waals surface area (Å²) in [6.45, 7) is 2.65. The normalized spacial score (nSPS) is 18.0. The van der Waals surface area contributed by atoms with Crippen molar-refractivity contribution in [1.82, 2.24) is 4.90 Å². The summed E-state index contributed by atoms with van der Waals surface area (Å²) in [4.78, 5) is 1.91. The molecule has 0 amide bonds. The lowest BCUT2D eigenvalue weighted by atomic mass is 10.1. The third kappa shape index (κ3) is 4.39. The lowest BCUT2D eigenvalue weighted by molar-refractivity contribution is 0.0420. The van der Waals surface area contributed by atoms with Crippen LogP contribution in [-0.2, 0) is 0 Å². The summed E-state index contributed by atoms with van der Waals surface area (Å²) in [5, 5.41) is 9.33. The van der Waals surface area contributed by atoms with Crippen molar-refractivity contribution < 1.29 is 5.11 Å². The van der Waals surface area contributed by atoms with E-state index in [0.717, 1.165) is 0 Å². The molecule has 0 aliphatic rings. The van der Waals surface area contributed by atoms with E-state index >= 15 is 0 Å². The quantitative estimate of drug-likeness (QED) is 0.531. The number of likely N-dealkylation sites (N-methyl/N-ethyl adjacent to an activating group) is 1. The predicted octanol–water partition coefficient (Wildman–Crippen LogP) is -0.742. The van der Waals surface area contributed by atoms with E-state index in [-0.39, 0.29) is 0 Å². The Hall–Kier alpha value is -0.120. The number of nitrogens with zero attached hydrogens (tertiary/aromatic N) is 1. The fraction of sp³-hybridized carbons (Fsp3) is 1.00. The van der Waals surface area contributed by atoms with Crippen LogP contribution in [0.5, 0.6) is 0 Å². The molecule has 0 heterocycles. The van der Waals surface area contributed by atoms with Gasteiger partial charge in [0.1, 0.15) is 0 Å². The zero-order chi connectivity index (χ0) is 7.49. The maximum absolute atomic E-state index is 9.33. The zero-order valence-corrected chi connectivity index (χ0v) is 6.39. The third-order valence-electron chi connectivity index (χ3n) is 1.10. The Labute approximate surface area is 56.5 Å². The molecule has 0 bridgehead atoms. The van der Waals surface area contributed by atoms with Crippen molar-refractivity contribution in [2.45, 2.75) is 12.5 Å². The molecule has 1 atom stereocenters. The van der Waals surface area contributed by atoms with Gasteiger partial charge < -0.3 is 15.7 Å². The maximum atomic E-state index is 9.33. The molecular weight excluding hydrogens is 116 g/mol. The second-order valence-corrected chi connectivity index (χ2v) is 2.94. The molecule has 0 spiro atoms. The van der Waals surface area contributed by atoms with Gasteiger partial charge in [-0.25, -0.2) is 0 Å². The summed E-state index contributed by atoms with van der Waals surface area (Å²) >= 11 is 0. The first-order chi connectivity index (χ1) is 3.98. The molecule has 0 saturated heterocycles. The van der Waals surface area contributed by atoms with Gasteiger partial charge in [0.15, 0.2) is 0 Å². The molecular formula is C6H16N2O. The molecule has 0 aliphatic heterocycles. The molecule has 0 aromatic rings. The average molecular weight is 132 g/mol. The van der Waals surface area contributed by atoms with Crippen LogP contribution in [0.2, 0.25) is 0 Å². The Morgan fingerprint density at radius 3 is 2.11 bits per heavy atom. The second-order valence-electron chi connectivity index (χ2n) is 2.94. The van der Waals surface area contributed by atoms with Crippen molar-refractivity contribution in [1.29, 1.82) is 0 Å². The van der Waals surface area contributed by atoms with Gasteiger partial charge in [0.25, 0.3) is 0 Å². The largest absolute Gasteiger partial charge is 0.388 e. The number of hydrogen-bond acceptors (Lipinski definition) is 3. The summed E-state index contributed by atoms with van der Waals surface area (Å²) in [6, 6.07) is 0. The van der Waals surface area contributed by atoms with Crippen molar-refractivity contribution in [3.63, 3.8) is 0 Å². The van der Waals surface area contributed by atoms with Gasteiger partial charge in [-0.2, -0.15) is 0 Å². The van der Waals surface area contributed by atoms with Crippen LogP contribution in [-0.4, -0.2) is 42.8 Å². The van der Waals surface area contributed by atoms with Crippen LogP contribution in [0.4, 0.5) is 0 Å². The lowest BCUT2D eigenvalue weighted by Crippen LogP contribution is -2.43. The van der Waals surface area contributed by atoms with Crippen LogP contribution >= 0.6 is 0 Å². The van der Waals surface area contributed by atoms with Gasteiger partial charge in [-0.1, -0.05) is 0 Å². The maximum Gasteiger partial charge on any atom is 0.0867 e. The average Bonchev–Trinajstić information content (AvgIpc) is 1.63. The van der Waals surface area contributed by atoms with E-state index in [4.69, 9.17) is 5.73 Å². The summed E-state index contributed by atoms with van der Waals surface area (Å²) in [6.07, 6.45) is 0. The van der Waals surface area contributed by atoms with E-state index in [1.54, 1.807) is 6.92 Å². The molecule has 0 rings (SSSR count). The van der Waals surface area contributed by atoms with E-state index in [9.17, 15) is 5.11 Å². The number of rotatable bonds is 3. The van der Waals surface area contributed by atoms with Crippen molar-refractivity contribution in [3.05, 3.63) is 0 Å². The van der Waals surface area contributed by atoms with Crippen molar-refractivity contribution in [3.8, 4) is 0 Å². The van der Waals surface area contributed by atoms with Crippen LogP contribution in [0, 0.1) is 0 Å². The predicted molar refractivity (Wildman–Crippen MR) is 38.2 cm³/mol. The highest BCUT2D eigenvalue weighted by atomic mass is 16.3. The van der Waals surface area contributed by atoms with Crippen molar-refractivity contribution in [2.24, 2.45) is 5.73 Å². The Morgan fingerprint density at radius 1 is 1.56 bits per heavy atom. The van der Waals surface area contributed by atoms with Crippen LogP contribution in [0.25, 0.3) is 0 Å². The molecule has 0 unspecified atom stereocenters. The van der Waals surface area contributed by atoms with E-state index in [1.807, 2.05) is 19.0 Å². The standard InChI is InChI=1S/C6H16N2O/c1-6(9,4-7)5-8(2)3/h9H,4-5,7H2,1-3H3/t6-/m1/s1. The molecule has 3 N–H and O–H groups in total. The van der Waals surface area contributed by atoms with E-state index in [2.05, 4.69) is 0 Å². The second kappa shape index (κ2) is 3.15. The number of nitrogens with two attached hydrogens (primary N) is 1. The highest BCUT2D eigenvalue weighted by Crippen LogP contribution is 1.99. The van der Waals surface area contributed by atoms with Crippen LogP contribution < -0.4 is 5.73 Å². The molecule has 0 aromatic heterocycles. The molecule has 3 nitrogen and oxygen atoms in total. The van der Waals surface area contributed by atoms with Gasteiger partial charge in [-0.15, -0.1) is 0 Å². The van der Waals surface area contributed by atoms with E-state index in [0.29, 0.717) is 13.1 Å². The van der Waals surface area contributed by atoms with Gasteiger partial charge >= 0.3 is 0 Å². The highest BCUT2D eigenvalue weighted by molar-refractivity contribution is 4.75. The topological polar surface area (TPSA) is 49.5 Å². The van der Waals surface area contributed by atoms with E-state index in [1.165, 1.54) is 0 Å². The molecule has 0 fully saturated rings. The molecule has 9 heavy (non-hydrogen) atoms. The minimum Gasteiger partial charge on any atom is -0.388 e. The SMILES string of the molecule is CN(C)C[C@](C)(O)CN. The van der Waals surface area contributed by atoms with Crippen LogP contribution in [0.3, 0.4) is 0 Å². The van der Waals surface area contributed by atoms with Gasteiger partial charge in [0.2, 0.25) is 0 Å². The smallest absolute Gasteiger partial charge is 0.0867 e. The van der Waals surface area contributed by atoms with Gasteiger partial charge in [0.05, 0.1) is 5.60 Å². The summed E-state index contributed by atoms with van der Waals surface area (Å²) in [5.74, 6) is 0. The Balaban J connectivity index is 3.58. The number of hydrogen-bond donors (Lipinski definition) is 2. The Kier molecular flexibility index (Phi) is 3.11. The fourth-order valence-corrected chi connectivity index (χ4v) is 0.746. The minimum atomic E-state index is -0.733. The molecule has 0 saturated carbocycles. The zero-order valence-electron chi connectivity index (χ0n) is 6.39. The van der Waals surface area contributed by atoms with Crippen molar-refractivity contribution >= 4 is 0 Å². The van der Waals surface area contributed by atoms with Gasteiger partial charge in [0, 0.05) is 13.1 Å². The molecule has 0 aliphatic carbocycles. The monoisotopic (exact) mass is 132 g/mol. The summed E-state index contributed by atoms with van der Waals surface area (Å²) in [5.41, 5.74) is 4.55. The Morgan fingerprint density at radius 2 is 2.00 bits per heavy atom. The first-order valence-electron chi connectivity index (χ1n) is 3.05. The highest BCUT2D eigenvalue weighted by Gasteiger charge is 2.17.